The summed E-state index contributed by atoms with van der Waals surface area (Å²) in [6.07, 6.45) is 15.4. The van der Waals surface area contributed by atoms with Crippen LogP contribution in [0.15, 0.2) is 18.2 Å². The standard InChI is InChI=1S/C18H26/c1-3-4-5-6-7-8-10-16-14-13-15(2)17-11-9-12-18(16)17/h9,11,13-14H,3-8,10,12H2,1-2H3. The van der Waals surface area contributed by atoms with Gasteiger partial charge in [-0.05, 0) is 48.4 Å². The predicted octanol–water partition coefficient (Wildman–Crippen LogP) is 5.47. The molecule has 0 heteroatoms. The number of allylic oxidation sites excluding steroid dienone is 1. The van der Waals surface area contributed by atoms with Gasteiger partial charge in [0.1, 0.15) is 0 Å². The van der Waals surface area contributed by atoms with Crippen molar-refractivity contribution in [3.63, 3.8) is 0 Å². The van der Waals surface area contributed by atoms with Gasteiger partial charge in [0.2, 0.25) is 0 Å². The van der Waals surface area contributed by atoms with Gasteiger partial charge in [0.25, 0.3) is 0 Å². The molecule has 0 nitrogen and oxygen atoms in total. The van der Waals surface area contributed by atoms with Gasteiger partial charge < -0.3 is 0 Å². The molecule has 0 bridgehead atoms. The summed E-state index contributed by atoms with van der Waals surface area (Å²) in [7, 11) is 0. The van der Waals surface area contributed by atoms with Crippen LogP contribution >= 0.6 is 0 Å². The van der Waals surface area contributed by atoms with E-state index in [1.165, 1.54) is 56.1 Å². The second-order valence-electron chi connectivity index (χ2n) is 5.56. The number of hydrogen-bond acceptors (Lipinski definition) is 0. The first kappa shape index (κ1) is 13.4. The third kappa shape index (κ3) is 3.25. The summed E-state index contributed by atoms with van der Waals surface area (Å²) in [6.45, 7) is 4.51. The lowest BCUT2D eigenvalue weighted by Gasteiger charge is -2.10. The van der Waals surface area contributed by atoms with Crippen LogP contribution < -0.4 is 0 Å². The largest absolute Gasteiger partial charge is 0.0795 e. The molecule has 0 saturated heterocycles. The van der Waals surface area contributed by atoms with Crippen molar-refractivity contribution in [3.05, 3.63) is 40.5 Å². The minimum absolute atomic E-state index is 1.15. The number of unbranched alkanes of at least 4 members (excludes halogenated alkanes) is 5. The fourth-order valence-corrected chi connectivity index (χ4v) is 2.92. The first-order valence-corrected chi connectivity index (χ1v) is 7.61. The molecule has 1 aliphatic rings. The van der Waals surface area contributed by atoms with E-state index < -0.39 is 0 Å². The Morgan fingerprint density at radius 3 is 2.61 bits per heavy atom. The molecule has 18 heavy (non-hydrogen) atoms. The second kappa shape index (κ2) is 6.78. The van der Waals surface area contributed by atoms with Crippen molar-refractivity contribution >= 4 is 6.08 Å². The van der Waals surface area contributed by atoms with Crippen LogP contribution in [0.4, 0.5) is 0 Å². The first-order valence-electron chi connectivity index (χ1n) is 7.61. The zero-order valence-corrected chi connectivity index (χ0v) is 12.0. The number of benzene rings is 1. The highest BCUT2D eigenvalue weighted by Gasteiger charge is 2.11. The lowest BCUT2D eigenvalue weighted by molar-refractivity contribution is 0.607. The third-order valence-corrected chi connectivity index (χ3v) is 4.08. The minimum Gasteiger partial charge on any atom is -0.0795 e. The van der Waals surface area contributed by atoms with Crippen LogP contribution in [0.1, 0.15) is 67.7 Å². The Bertz CT molecular complexity index is 412. The van der Waals surface area contributed by atoms with E-state index in [1.807, 2.05) is 0 Å². The average Bonchev–Trinajstić information content (AvgIpc) is 2.86. The SMILES string of the molecule is CCCCCCCCc1ccc(C)c2c1CC=C2. The summed E-state index contributed by atoms with van der Waals surface area (Å²) >= 11 is 0. The van der Waals surface area contributed by atoms with E-state index >= 15 is 0 Å². The van der Waals surface area contributed by atoms with Gasteiger partial charge in [-0.1, -0.05) is 63.3 Å². The maximum absolute atomic E-state index is 2.35. The first-order chi connectivity index (χ1) is 8.83. The molecule has 0 radical (unpaired) electrons. The molecule has 2 rings (SSSR count). The summed E-state index contributed by atoms with van der Waals surface area (Å²) < 4.78 is 0. The molecule has 0 spiro atoms. The fraction of sp³-hybridized carbons (Fsp3) is 0.556. The van der Waals surface area contributed by atoms with Crippen molar-refractivity contribution in [2.75, 3.05) is 0 Å². The Morgan fingerprint density at radius 2 is 1.78 bits per heavy atom. The summed E-state index contributed by atoms with van der Waals surface area (Å²) in [5.41, 5.74) is 6.13. The summed E-state index contributed by atoms with van der Waals surface area (Å²) in [4.78, 5) is 0. The zero-order chi connectivity index (χ0) is 12.8. The monoisotopic (exact) mass is 242 g/mol. The molecule has 0 fully saturated rings. The Labute approximate surface area is 112 Å². The Hall–Kier alpha value is -1.04. The van der Waals surface area contributed by atoms with Gasteiger partial charge in [-0.25, -0.2) is 0 Å². The van der Waals surface area contributed by atoms with Gasteiger partial charge in [-0.3, -0.25) is 0 Å². The molecule has 1 aromatic rings. The smallest absolute Gasteiger partial charge is 0.00853 e. The van der Waals surface area contributed by atoms with Crippen LogP contribution in [0.25, 0.3) is 6.08 Å². The summed E-state index contributed by atoms with van der Waals surface area (Å²) in [5, 5.41) is 0. The van der Waals surface area contributed by atoms with E-state index in [-0.39, 0.29) is 0 Å². The number of aryl methyl sites for hydroxylation is 2. The van der Waals surface area contributed by atoms with E-state index in [0.29, 0.717) is 0 Å². The third-order valence-electron chi connectivity index (χ3n) is 4.08. The molecule has 0 heterocycles. The highest BCUT2D eigenvalue weighted by molar-refractivity contribution is 5.65. The average molecular weight is 242 g/mol. The molecule has 0 aromatic heterocycles. The van der Waals surface area contributed by atoms with E-state index in [1.54, 1.807) is 11.1 Å². The second-order valence-corrected chi connectivity index (χ2v) is 5.56. The Balaban J connectivity index is 1.82. The number of rotatable bonds is 7. The molecule has 1 aromatic carbocycles. The molecule has 0 atom stereocenters. The summed E-state index contributed by atoms with van der Waals surface area (Å²) in [5.74, 6) is 0. The van der Waals surface area contributed by atoms with Crippen LogP contribution in [0.3, 0.4) is 0 Å². The van der Waals surface area contributed by atoms with E-state index in [0.717, 1.165) is 6.42 Å². The van der Waals surface area contributed by atoms with Crippen LogP contribution in [-0.4, -0.2) is 0 Å². The molecular weight excluding hydrogens is 216 g/mol. The molecular formula is C18H26. The van der Waals surface area contributed by atoms with Gasteiger partial charge in [0.05, 0.1) is 0 Å². The van der Waals surface area contributed by atoms with Crippen LogP contribution in [0.2, 0.25) is 0 Å². The maximum atomic E-state index is 2.35. The van der Waals surface area contributed by atoms with Crippen molar-refractivity contribution in [3.8, 4) is 0 Å². The lowest BCUT2D eigenvalue weighted by Crippen LogP contribution is -1.96. The van der Waals surface area contributed by atoms with Gasteiger partial charge in [-0.2, -0.15) is 0 Å². The molecule has 0 saturated carbocycles. The summed E-state index contributed by atoms with van der Waals surface area (Å²) in [6, 6.07) is 4.65. The predicted molar refractivity (Wildman–Crippen MR) is 81.0 cm³/mol. The molecule has 1 aliphatic carbocycles. The van der Waals surface area contributed by atoms with Crippen molar-refractivity contribution in [1.29, 1.82) is 0 Å². The number of hydrogen-bond donors (Lipinski definition) is 0. The van der Waals surface area contributed by atoms with E-state index in [4.69, 9.17) is 0 Å². The van der Waals surface area contributed by atoms with Crippen LogP contribution in [0.5, 0.6) is 0 Å². The van der Waals surface area contributed by atoms with Gasteiger partial charge in [-0.15, -0.1) is 0 Å². The van der Waals surface area contributed by atoms with Gasteiger partial charge in [0, 0.05) is 0 Å². The molecule has 0 N–H and O–H groups in total. The molecule has 0 aliphatic heterocycles. The minimum atomic E-state index is 1.15. The van der Waals surface area contributed by atoms with Crippen molar-refractivity contribution in [2.24, 2.45) is 0 Å². The highest BCUT2D eigenvalue weighted by Crippen LogP contribution is 2.27. The van der Waals surface area contributed by atoms with Crippen molar-refractivity contribution in [1.82, 2.24) is 0 Å². The normalized spacial score (nSPS) is 13.0. The van der Waals surface area contributed by atoms with Crippen LogP contribution in [-0.2, 0) is 12.8 Å². The fourth-order valence-electron chi connectivity index (χ4n) is 2.92. The van der Waals surface area contributed by atoms with Gasteiger partial charge in [0.15, 0.2) is 0 Å². The Morgan fingerprint density at radius 1 is 1.00 bits per heavy atom. The van der Waals surface area contributed by atoms with E-state index in [9.17, 15) is 0 Å². The quantitative estimate of drug-likeness (QED) is 0.556. The molecule has 98 valence electrons. The van der Waals surface area contributed by atoms with Gasteiger partial charge >= 0.3 is 0 Å². The van der Waals surface area contributed by atoms with Crippen molar-refractivity contribution < 1.29 is 0 Å². The highest BCUT2D eigenvalue weighted by atomic mass is 14.2. The molecule has 0 unspecified atom stereocenters. The Kier molecular flexibility index (Phi) is 5.04. The zero-order valence-electron chi connectivity index (χ0n) is 12.0. The number of fused-ring (bicyclic) bond motifs is 1. The molecule has 0 amide bonds. The van der Waals surface area contributed by atoms with Crippen LogP contribution in [0, 0.1) is 6.92 Å². The maximum Gasteiger partial charge on any atom is -0.00853 e. The topological polar surface area (TPSA) is 0 Å². The van der Waals surface area contributed by atoms with Crippen molar-refractivity contribution in [2.45, 2.75) is 65.2 Å². The van der Waals surface area contributed by atoms with E-state index in [2.05, 4.69) is 38.1 Å². The lowest BCUT2D eigenvalue weighted by atomic mass is 9.95.